The van der Waals surface area contributed by atoms with E-state index in [1.165, 1.54) is 6.92 Å². The average Bonchev–Trinajstić information content (AvgIpc) is 2.46. The molecule has 0 fully saturated rings. The van der Waals surface area contributed by atoms with E-state index < -0.39 is 11.6 Å². The van der Waals surface area contributed by atoms with E-state index in [0.717, 1.165) is 5.69 Å². The molecule has 0 aliphatic carbocycles. The Balaban J connectivity index is 2.78. The number of Topliss-reactive ketones (excluding diaryl/α,β-unsaturated/α-hetero) is 3. The molecule has 0 aromatic carbocycles. The molecule has 15 heavy (non-hydrogen) atoms. The molecular formula is C11H13NO3. The lowest BCUT2D eigenvalue weighted by molar-refractivity contribution is -0.134. The number of rotatable bonds is 4. The van der Waals surface area contributed by atoms with Crippen molar-refractivity contribution in [3.05, 3.63) is 23.5 Å². The third-order valence-electron chi connectivity index (χ3n) is 2.29. The predicted molar refractivity (Wildman–Crippen MR) is 54.8 cm³/mol. The van der Waals surface area contributed by atoms with Gasteiger partial charge in [0.05, 0.1) is 6.42 Å². The second-order valence-electron chi connectivity index (χ2n) is 3.56. The van der Waals surface area contributed by atoms with Gasteiger partial charge in [-0.2, -0.15) is 0 Å². The maximum atomic E-state index is 11.5. The van der Waals surface area contributed by atoms with Gasteiger partial charge in [-0.3, -0.25) is 14.4 Å². The van der Waals surface area contributed by atoms with E-state index in [1.807, 2.05) is 14.0 Å². The molecule has 0 spiro atoms. The summed E-state index contributed by atoms with van der Waals surface area (Å²) in [7, 11) is 1.82. The normalized spacial score (nSPS) is 10.1. The minimum Gasteiger partial charge on any atom is -0.354 e. The van der Waals surface area contributed by atoms with Crippen molar-refractivity contribution in [2.45, 2.75) is 20.3 Å². The number of aromatic nitrogens is 1. The highest BCUT2D eigenvalue weighted by atomic mass is 16.2. The SMILES string of the molecule is CC(=O)C(=O)CC(=O)c1cc(C)n(C)c1. The lowest BCUT2D eigenvalue weighted by Crippen LogP contribution is -2.14. The summed E-state index contributed by atoms with van der Waals surface area (Å²) in [6.45, 7) is 3.04. The van der Waals surface area contributed by atoms with Crippen LogP contribution in [0.4, 0.5) is 0 Å². The van der Waals surface area contributed by atoms with E-state index >= 15 is 0 Å². The van der Waals surface area contributed by atoms with Crippen LogP contribution in [-0.4, -0.2) is 21.9 Å². The van der Waals surface area contributed by atoms with E-state index in [9.17, 15) is 14.4 Å². The molecule has 0 bridgehead atoms. The summed E-state index contributed by atoms with van der Waals surface area (Å²) in [4.78, 5) is 33.3. The molecule has 0 aliphatic rings. The lowest BCUT2D eigenvalue weighted by atomic mass is 10.1. The van der Waals surface area contributed by atoms with Gasteiger partial charge in [0.15, 0.2) is 11.6 Å². The summed E-state index contributed by atoms with van der Waals surface area (Å²) in [6.07, 6.45) is 1.32. The largest absolute Gasteiger partial charge is 0.354 e. The Morgan fingerprint density at radius 3 is 2.33 bits per heavy atom. The first-order valence-electron chi connectivity index (χ1n) is 4.61. The number of hydrogen-bond donors (Lipinski definition) is 0. The van der Waals surface area contributed by atoms with Gasteiger partial charge < -0.3 is 4.57 Å². The molecule has 1 aromatic heterocycles. The molecule has 4 nitrogen and oxygen atoms in total. The van der Waals surface area contributed by atoms with Gasteiger partial charge in [-0.1, -0.05) is 0 Å². The number of carbonyl (C=O) groups excluding carboxylic acids is 3. The Morgan fingerprint density at radius 2 is 1.93 bits per heavy atom. The van der Waals surface area contributed by atoms with E-state index in [1.54, 1.807) is 16.8 Å². The van der Waals surface area contributed by atoms with Gasteiger partial charge >= 0.3 is 0 Å². The number of ketones is 3. The number of hydrogen-bond acceptors (Lipinski definition) is 3. The minimum atomic E-state index is -0.637. The van der Waals surface area contributed by atoms with Crippen molar-refractivity contribution < 1.29 is 14.4 Å². The van der Waals surface area contributed by atoms with Gasteiger partial charge in [0.2, 0.25) is 5.78 Å². The standard InChI is InChI=1S/C11H13NO3/c1-7-4-9(6-12(7)3)11(15)5-10(14)8(2)13/h4,6H,5H2,1-3H3. The zero-order valence-corrected chi connectivity index (χ0v) is 9.03. The van der Waals surface area contributed by atoms with Crippen LogP contribution >= 0.6 is 0 Å². The van der Waals surface area contributed by atoms with Crippen LogP contribution in [0.5, 0.6) is 0 Å². The average molecular weight is 207 g/mol. The van der Waals surface area contributed by atoms with Crippen molar-refractivity contribution >= 4 is 17.3 Å². The molecule has 0 unspecified atom stereocenters. The van der Waals surface area contributed by atoms with Crippen molar-refractivity contribution in [3.63, 3.8) is 0 Å². The molecule has 1 heterocycles. The van der Waals surface area contributed by atoms with E-state index in [-0.39, 0.29) is 12.2 Å². The molecule has 0 saturated carbocycles. The van der Waals surface area contributed by atoms with Crippen LogP contribution in [0.3, 0.4) is 0 Å². The van der Waals surface area contributed by atoms with Crippen LogP contribution in [0.2, 0.25) is 0 Å². The maximum Gasteiger partial charge on any atom is 0.205 e. The van der Waals surface area contributed by atoms with Gasteiger partial charge in [0.1, 0.15) is 0 Å². The van der Waals surface area contributed by atoms with Crippen LogP contribution < -0.4 is 0 Å². The Morgan fingerprint density at radius 1 is 1.33 bits per heavy atom. The monoisotopic (exact) mass is 207 g/mol. The molecule has 1 rings (SSSR count). The van der Waals surface area contributed by atoms with E-state index in [0.29, 0.717) is 5.56 Å². The van der Waals surface area contributed by atoms with Crippen LogP contribution in [-0.2, 0) is 16.6 Å². The fourth-order valence-electron chi connectivity index (χ4n) is 1.20. The van der Waals surface area contributed by atoms with Crippen LogP contribution in [0.25, 0.3) is 0 Å². The van der Waals surface area contributed by atoms with Gasteiger partial charge in [0, 0.05) is 31.4 Å². The first-order chi connectivity index (χ1) is 6.91. The van der Waals surface area contributed by atoms with Crippen molar-refractivity contribution in [2.75, 3.05) is 0 Å². The fourth-order valence-corrected chi connectivity index (χ4v) is 1.20. The van der Waals surface area contributed by atoms with E-state index in [2.05, 4.69) is 0 Å². The summed E-state index contributed by atoms with van der Waals surface area (Å²) in [5, 5.41) is 0. The van der Waals surface area contributed by atoms with Crippen molar-refractivity contribution in [1.29, 1.82) is 0 Å². The van der Waals surface area contributed by atoms with Gasteiger partial charge in [0.25, 0.3) is 0 Å². The summed E-state index contributed by atoms with van der Waals surface area (Å²) in [5.74, 6) is -1.52. The zero-order chi connectivity index (χ0) is 11.6. The summed E-state index contributed by atoms with van der Waals surface area (Å²) in [5.41, 5.74) is 1.42. The third-order valence-corrected chi connectivity index (χ3v) is 2.29. The minimum absolute atomic E-state index is 0.307. The molecular weight excluding hydrogens is 194 g/mol. The van der Waals surface area contributed by atoms with Gasteiger partial charge in [-0.15, -0.1) is 0 Å². The molecule has 0 N–H and O–H groups in total. The molecule has 4 heteroatoms. The Hall–Kier alpha value is -1.71. The molecule has 0 atom stereocenters. The zero-order valence-electron chi connectivity index (χ0n) is 9.03. The molecule has 80 valence electrons. The van der Waals surface area contributed by atoms with E-state index in [4.69, 9.17) is 0 Å². The van der Waals surface area contributed by atoms with Crippen LogP contribution in [0.1, 0.15) is 29.4 Å². The van der Waals surface area contributed by atoms with Crippen LogP contribution in [0.15, 0.2) is 12.3 Å². The summed E-state index contributed by atoms with van der Waals surface area (Å²) in [6, 6.07) is 1.70. The number of aryl methyl sites for hydroxylation is 2. The highest BCUT2D eigenvalue weighted by molar-refractivity contribution is 6.40. The second-order valence-corrected chi connectivity index (χ2v) is 3.56. The predicted octanol–water partition coefficient (Wildman–Crippen LogP) is 1.06. The highest BCUT2D eigenvalue weighted by Crippen LogP contribution is 2.08. The lowest BCUT2D eigenvalue weighted by Gasteiger charge is -1.94. The Bertz CT molecular complexity index is 410. The first kappa shape index (κ1) is 11.4. The van der Waals surface area contributed by atoms with Gasteiger partial charge in [-0.25, -0.2) is 0 Å². The molecule has 0 aliphatic heterocycles. The highest BCUT2D eigenvalue weighted by Gasteiger charge is 2.16. The number of carbonyl (C=O) groups is 3. The van der Waals surface area contributed by atoms with Crippen molar-refractivity contribution in [3.8, 4) is 0 Å². The molecule has 1 aromatic rings. The van der Waals surface area contributed by atoms with Crippen LogP contribution in [0, 0.1) is 6.92 Å². The number of nitrogens with zero attached hydrogens (tertiary/aromatic N) is 1. The molecule has 0 radical (unpaired) electrons. The summed E-state index contributed by atoms with van der Waals surface area (Å²) >= 11 is 0. The third kappa shape index (κ3) is 2.62. The second kappa shape index (κ2) is 4.21. The van der Waals surface area contributed by atoms with Crippen molar-refractivity contribution in [2.24, 2.45) is 7.05 Å². The smallest absolute Gasteiger partial charge is 0.205 e. The fraction of sp³-hybridized carbons (Fsp3) is 0.364. The Labute approximate surface area is 87.9 Å². The topological polar surface area (TPSA) is 56.1 Å². The quantitative estimate of drug-likeness (QED) is 0.421. The Kier molecular flexibility index (Phi) is 3.19. The molecule has 0 saturated heterocycles. The summed E-state index contributed by atoms with van der Waals surface area (Å²) < 4.78 is 1.80. The maximum absolute atomic E-state index is 11.5. The molecule has 0 amide bonds. The first-order valence-corrected chi connectivity index (χ1v) is 4.61. The van der Waals surface area contributed by atoms with Crippen molar-refractivity contribution in [1.82, 2.24) is 4.57 Å². The van der Waals surface area contributed by atoms with Gasteiger partial charge in [-0.05, 0) is 13.0 Å².